The van der Waals surface area contributed by atoms with Gasteiger partial charge in [0.1, 0.15) is 5.69 Å². The maximum atomic E-state index is 11.7. The first kappa shape index (κ1) is 13.8. The number of hydrogen-bond donors (Lipinski definition) is 3. The fourth-order valence-electron chi connectivity index (χ4n) is 1.38. The van der Waals surface area contributed by atoms with Crippen molar-refractivity contribution >= 4 is 35.0 Å². The SMILES string of the molecule is Nc1nc(SCC(=O)Nc2ccccc2[N+](=O)[O-])n[nH]1. The summed E-state index contributed by atoms with van der Waals surface area (Å²) in [6, 6.07) is 5.91. The Labute approximate surface area is 117 Å². The van der Waals surface area contributed by atoms with E-state index in [1.165, 1.54) is 18.2 Å². The molecule has 0 saturated heterocycles. The molecule has 0 atom stereocenters. The van der Waals surface area contributed by atoms with Crippen molar-refractivity contribution in [2.75, 3.05) is 16.8 Å². The van der Waals surface area contributed by atoms with Gasteiger partial charge in [0, 0.05) is 6.07 Å². The Bertz CT molecular complexity index is 643. The fourth-order valence-corrected chi connectivity index (χ4v) is 1.98. The van der Waals surface area contributed by atoms with E-state index in [9.17, 15) is 14.9 Å². The number of nitro groups is 1. The zero-order valence-electron chi connectivity index (χ0n) is 10.1. The molecule has 1 amide bonds. The number of nitrogens with one attached hydrogen (secondary N) is 2. The Morgan fingerprint density at radius 3 is 2.90 bits per heavy atom. The summed E-state index contributed by atoms with van der Waals surface area (Å²) < 4.78 is 0. The number of nitrogens with zero attached hydrogens (tertiary/aromatic N) is 3. The molecule has 0 saturated carbocycles. The molecule has 104 valence electrons. The number of para-hydroxylation sites is 2. The number of aromatic nitrogens is 3. The molecule has 0 aliphatic carbocycles. The van der Waals surface area contributed by atoms with E-state index in [1.807, 2.05) is 0 Å². The first-order valence-corrected chi connectivity index (χ1v) is 6.39. The van der Waals surface area contributed by atoms with Gasteiger partial charge in [-0.15, -0.1) is 5.10 Å². The molecule has 0 spiro atoms. The van der Waals surface area contributed by atoms with Gasteiger partial charge in [0.25, 0.3) is 5.69 Å². The van der Waals surface area contributed by atoms with Crippen LogP contribution in [-0.2, 0) is 4.79 Å². The second-order valence-electron chi connectivity index (χ2n) is 3.61. The number of benzene rings is 1. The highest BCUT2D eigenvalue weighted by atomic mass is 32.2. The number of H-pyrrole nitrogens is 1. The smallest absolute Gasteiger partial charge is 0.292 e. The number of thioether (sulfide) groups is 1. The van der Waals surface area contributed by atoms with Crippen LogP contribution in [0, 0.1) is 10.1 Å². The lowest BCUT2D eigenvalue weighted by molar-refractivity contribution is -0.383. The van der Waals surface area contributed by atoms with E-state index in [-0.39, 0.29) is 23.1 Å². The van der Waals surface area contributed by atoms with E-state index >= 15 is 0 Å². The quantitative estimate of drug-likeness (QED) is 0.425. The number of rotatable bonds is 5. The lowest BCUT2D eigenvalue weighted by Gasteiger charge is -2.04. The Morgan fingerprint density at radius 2 is 2.25 bits per heavy atom. The minimum Gasteiger partial charge on any atom is -0.368 e. The van der Waals surface area contributed by atoms with Crippen molar-refractivity contribution in [2.45, 2.75) is 5.16 Å². The van der Waals surface area contributed by atoms with Crippen LogP contribution in [0.3, 0.4) is 0 Å². The Balaban J connectivity index is 1.96. The molecular formula is C10H10N6O3S. The molecule has 1 aromatic carbocycles. The van der Waals surface area contributed by atoms with Gasteiger partial charge in [-0.1, -0.05) is 23.9 Å². The molecule has 0 unspecified atom stereocenters. The molecule has 0 bridgehead atoms. The third-order valence-electron chi connectivity index (χ3n) is 2.19. The summed E-state index contributed by atoms with van der Waals surface area (Å²) in [7, 11) is 0. The third-order valence-corrected chi connectivity index (χ3v) is 3.04. The first-order valence-electron chi connectivity index (χ1n) is 5.40. The van der Waals surface area contributed by atoms with E-state index < -0.39 is 10.8 Å². The van der Waals surface area contributed by atoms with Crippen LogP contribution in [0.2, 0.25) is 0 Å². The summed E-state index contributed by atoms with van der Waals surface area (Å²) in [5.74, 6) is -0.220. The maximum Gasteiger partial charge on any atom is 0.292 e. The van der Waals surface area contributed by atoms with Crippen molar-refractivity contribution < 1.29 is 9.72 Å². The highest BCUT2D eigenvalue weighted by Gasteiger charge is 2.15. The Morgan fingerprint density at radius 1 is 1.50 bits per heavy atom. The van der Waals surface area contributed by atoms with Gasteiger partial charge in [0.15, 0.2) is 0 Å². The number of carbonyl (C=O) groups excluding carboxylic acids is 1. The number of aromatic amines is 1. The number of anilines is 2. The second kappa shape index (κ2) is 6.02. The minimum absolute atomic E-state index is 0.0172. The molecule has 2 aromatic rings. The van der Waals surface area contributed by atoms with E-state index in [4.69, 9.17) is 5.73 Å². The van der Waals surface area contributed by atoms with Gasteiger partial charge in [-0.2, -0.15) is 4.98 Å². The average molecular weight is 294 g/mol. The number of amides is 1. The topological polar surface area (TPSA) is 140 Å². The van der Waals surface area contributed by atoms with Gasteiger partial charge in [0.05, 0.1) is 10.7 Å². The van der Waals surface area contributed by atoms with E-state index in [2.05, 4.69) is 20.5 Å². The zero-order valence-corrected chi connectivity index (χ0v) is 10.9. The summed E-state index contributed by atoms with van der Waals surface area (Å²) in [5, 5.41) is 19.8. The number of hydrogen-bond acceptors (Lipinski definition) is 7. The van der Waals surface area contributed by atoms with Gasteiger partial charge in [-0.05, 0) is 6.07 Å². The zero-order chi connectivity index (χ0) is 14.5. The normalized spacial score (nSPS) is 10.2. The van der Waals surface area contributed by atoms with Gasteiger partial charge in [-0.25, -0.2) is 5.10 Å². The van der Waals surface area contributed by atoms with Crippen molar-refractivity contribution in [1.82, 2.24) is 15.2 Å². The van der Waals surface area contributed by atoms with Crippen molar-refractivity contribution in [3.8, 4) is 0 Å². The minimum atomic E-state index is -0.557. The number of nitro benzene ring substituents is 1. The van der Waals surface area contributed by atoms with Crippen LogP contribution in [0.15, 0.2) is 29.4 Å². The molecule has 20 heavy (non-hydrogen) atoms. The molecule has 0 radical (unpaired) electrons. The molecule has 4 N–H and O–H groups in total. The van der Waals surface area contributed by atoms with Crippen LogP contribution >= 0.6 is 11.8 Å². The highest BCUT2D eigenvalue weighted by Crippen LogP contribution is 2.23. The van der Waals surface area contributed by atoms with Crippen LogP contribution < -0.4 is 11.1 Å². The second-order valence-corrected chi connectivity index (χ2v) is 4.56. The Kier molecular flexibility index (Phi) is 4.15. The molecule has 10 heteroatoms. The first-order chi connectivity index (χ1) is 9.56. The van der Waals surface area contributed by atoms with E-state index in [0.29, 0.717) is 5.16 Å². The molecule has 0 aliphatic heterocycles. The lowest BCUT2D eigenvalue weighted by Crippen LogP contribution is -2.15. The molecule has 9 nitrogen and oxygen atoms in total. The monoisotopic (exact) mass is 294 g/mol. The predicted molar refractivity (Wildman–Crippen MR) is 73.2 cm³/mol. The van der Waals surface area contributed by atoms with Crippen molar-refractivity contribution in [3.05, 3.63) is 34.4 Å². The number of nitrogen functional groups attached to an aromatic ring is 1. The summed E-state index contributed by atoms with van der Waals surface area (Å²) in [6.45, 7) is 0. The van der Waals surface area contributed by atoms with Crippen LogP contribution in [0.25, 0.3) is 0 Å². The van der Waals surface area contributed by atoms with Gasteiger partial charge < -0.3 is 11.1 Å². The molecular weight excluding hydrogens is 284 g/mol. The standard InChI is InChI=1S/C10H10N6O3S/c11-9-13-10(15-14-9)20-5-8(17)12-6-3-1-2-4-7(6)16(18)19/h1-4H,5H2,(H,12,17)(H3,11,13,14,15). The van der Waals surface area contributed by atoms with Crippen molar-refractivity contribution in [3.63, 3.8) is 0 Å². The molecule has 0 aliphatic rings. The van der Waals surface area contributed by atoms with Crippen LogP contribution in [-0.4, -0.2) is 31.8 Å². The predicted octanol–water partition coefficient (Wildman–Crippen LogP) is 1.03. The Hall–Kier alpha value is -2.62. The molecule has 1 heterocycles. The maximum absolute atomic E-state index is 11.7. The summed E-state index contributed by atoms with van der Waals surface area (Å²) >= 11 is 1.07. The van der Waals surface area contributed by atoms with Crippen LogP contribution in [0.1, 0.15) is 0 Å². The average Bonchev–Trinajstić information content (AvgIpc) is 2.83. The number of carbonyl (C=O) groups is 1. The third kappa shape index (κ3) is 3.45. The van der Waals surface area contributed by atoms with Gasteiger partial charge in [0.2, 0.25) is 17.0 Å². The van der Waals surface area contributed by atoms with E-state index in [0.717, 1.165) is 11.8 Å². The van der Waals surface area contributed by atoms with Crippen LogP contribution in [0.4, 0.5) is 17.3 Å². The molecule has 0 fully saturated rings. The van der Waals surface area contributed by atoms with E-state index in [1.54, 1.807) is 6.07 Å². The van der Waals surface area contributed by atoms with Crippen molar-refractivity contribution in [1.29, 1.82) is 0 Å². The summed E-state index contributed by atoms with van der Waals surface area (Å²) in [5.41, 5.74) is 5.33. The number of nitrogens with two attached hydrogens (primary N) is 1. The lowest BCUT2D eigenvalue weighted by atomic mass is 10.2. The van der Waals surface area contributed by atoms with Gasteiger partial charge in [-0.3, -0.25) is 14.9 Å². The molecule has 2 rings (SSSR count). The fraction of sp³-hybridized carbons (Fsp3) is 0.100. The van der Waals surface area contributed by atoms with Crippen molar-refractivity contribution in [2.24, 2.45) is 0 Å². The summed E-state index contributed by atoms with van der Waals surface area (Å²) in [4.78, 5) is 25.8. The van der Waals surface area contributed by atoms with Gasteiger partial charge >= 0.3 is 0 Å². The molecule has 1 aromatic heterocycles. The highest BCUT2D eigenvalue weighted by molar-refractivity contribution is 7.99. The largest absolute Gasteiger partial charge is 0.368 e. The summed E-state index contributed by atoms with van der Waals surface area (Å²) in [6.07, 6.45) is 0. The van der Waals surface area contributed by atoms with Crippen LogP contribution in [0.5, 0.6) is 0 Å².